The molecule has 146 valence electrons. The molecule has 2 N–H and O–H groups in total. The first-order chi connectivity index (χ1) is 13.5. The molecule has 1 aliphatic rings. The first-order valence-electron chi connectivity index (χ1n) is 9.06. The van der Waals surface area contributed by atoms with E-state index >= 15 is 0 Å². The Morgan fingerprint density at radius 2 is 2.25 bits per heavy atom. The minimum atomic E-state index is -1.17. The van der Waals surface area contributed by atoms with E-state index in [1.807, 2.05) is 0 Å². The molecular weight excluding hydrogens is 386 g/mol. The van der Waals surface area contributed by atoms with Gasteiger partial charge in [-0.05, 0) is 42.8 Å². The summed E-state index contributed by atoms with van der Waals surface area (Å²) >= 11 is 5.95. The van der Waals surface area contributed by atoms with E-state index in [9.17, 15) is 13.6 Å². The topological polar surface area (TPSA) is 59.0 Å². The van der Waals surface area contributed by atoms with Gasteiger partial charge in [0.15, 0.2) is 0 Å². The zero-order valence-corrected chi connectivity index (χ0v) is 15.7. The maximum atomic E-state index is 14.6. The third kappa shape index (κ3) is 3.72. The molecule has 0 radical (unpaired) electrons. The molecule has 1 amide bonds. The van der Waals surface area contributed by atoms with E-state index in [0.717, 1.165) is 5.56 Å². The predicted molar refractivity (Wildman–Crippen MR) is 104 cm³/mol. The average Bonchev–Trinajstić information content (AvgIpc) is 3.04. The highest BCUT2D eigenvalue weighted by atomic mass is 35.5. The Bertz CT molecular complexity index is 1020. The third-order valence-corrected chi connectivity index (χ3v) is 5.18. The molecular formula is C20H19ClF2N4O. The van der Waals surface area contributed by atoms with Crippen molar-refractivity contribution in [3.8, 4) is 0 Å². The number of halogens is 3. The number of hydrogen-bond acceptors (Lipinski definition) is 3. The summed E-state index contributed by atoms with van der Waals surface area (Å²) in [5, 5.41) is 6.26. The van der Waals surface area contributed by atoms with Crippen LogP contribution in [0.2, 0.25) is 5.15 Å². The molecule has 0 bridgehead atoms. The van der Waals surface area contributed by atoms with Crippen LogP contribution in [0.15, 0.2) is 42.7 Å². The van der Waals surface area contributed by atoms with Gasteiger partial charge in [-0.25, -0.2) is 13.8 Å². The predicted octanol–water partition coefficient (Wildman–Crippen LogP) is 3.31. The van der Waals surface area contributed by atoms with Crippen molar-refractivity contribution < 1.29 is 13.6 Å². The quantitative estimate of drug-likeness (QED) is 0.656. The van der Waals surface area contributed by atoms with E-state index in [-0.39, 0.29) is 17.5 Å². The Labute approximate surface area is 165 Å². The second kappa shape index (κ2) is 7.85. The first-order valence-corrected chi connectivity index (χ1v) is 9.44. The number of pyridine rings is 1. The van der Waals surface area contributed by atoms with Gasteiger partial charge >= 0.3 is 0 Å². The highest BCUT2D eigenvalue weighted by Crippen LogP contribution is 2.26. The number of amides is 1. The average molecular weight is 405 g/mol. The van der Waals surface area contributed by atoms with Crippen molar-refractivity contribution >= 4 is 28.4 Å². The van der Waals surface area contributed by atoms with Gasteiger partial charge in [0.2, 0.25) is 0 Å². The molecule has 4 rings (SSSR count). The summed E-state index contributed by atoms with van der Waals surface area (Å²) in [5.41, 5.74) is 1.65. The smallest absolute Gasteiger partial charge is 0.253 e. The number of hydrogen-bond donors (Lipinski definition) is 2. The van der Waals surface area contributed by atoms with Gasteiger partial charge in [0.25, 0.3) is 5.91 Å². The fraction of sp³-hybridized carbons (Fsp3) is 0.300. The van der Waals surface area contributed by atoms with Crippen LogP contribution in [0.1, 0.15) is 22.3 Å². The summed E-state index contributed by atoms with van der Waals surface area (Å²) in [7, 11) is 0. The molecule has 3 aromatic rings. The highest BCUT2D eigenvalue weighted by Gasteiger charge is 2.28. The van der Waals surface area contributed by atoms with E-state index in [1.165, 1.54) is 6.07 Å². The molecule has 1 saturated heterocycles. The summed E-state index contributed by atoms with van der Waals surface area (Å²) < 4.78 is 30.4. The summed E-state index contributed by atoms with van der Waals surface area (Å²) in [4.78, 5) is 16.8. The van der Waals surface area contributed by atoms with Crippen LogP contribution in [0.4, 0.5) is 8.78 Å². The molecule has 1 aliphatic heterocycles. The van der Waals surface area contributed by atoms with Crippen LogP contribution in [-0.4, -0.2) is 40.8 Å². The van der Waals surface area contributed by atoms with Crippen LogP contribution in [-0.2, 0) is 6.54 Å². The number of piperidine rings is 1. The van der Waals surface area contributed by atoms with Gasteiger partial charge in [0, 0.05) is 30.9 Å². The van der Waals surface area contributed by atoms with Crippen LogP contribution in [0, 0.1) is 5.82 Å². The third-order valence-electron chi connectivity index (χ3n) is 4.97. The van der Waals surface area contributed by atoms with Gasteiger partial charge in [-0.1, -0.05) is 17.7 Å². The van der Waals surface area contributed by atoms with Crippen molar-refractivity contribution in [1.82, 2.24) is 20.2 Å². The number of fused-ring (bicyclic) bond motifs is 1. The molecule has 28 heavy (non-hydrogen) atoms. The molecule has 2 aromatic heterocycles. The maximum absolute atomic E-state index is 14.6. The van der Waals surface area contributed by atoms with Crippen molar-refractivity contribution in [3.05, 3.63) is 64.8 Å². The first kappa shape index (κ1) is 18.8. The standard InChI is InChI=1S/C20H19ClF2N4O/c21-18-8-12(4-7-25-18)10-27-11-13(19-14(22)2-1-3-17(19)27)20(28)26-16-5-6-24-9-15(16)23/h1-4,7-8,11,15-16,24H,5-6,9-10H2,(H,26,28)/t15-,16+/m0/s1. The second-order valence-electron chi connectivity index (χ2n) is 6.88. The lowest BCUT2D eigenvalue weighted by Crippen LogP contribution is -2.50. The number of alkyl halides is 1. The Hall–Kier alpha value is -2.51. The van der Waals surface area contributed by atoms with Gasteiger partial charge in [0.05, 0.1) is 17.1 Å². The van der Waals surface area contributed by atoms with Gasteiger partial charge in [-0.15, -0.1) is 0 Å². The van der Waals surface area contributed by atoms with E-state index in [1.54, 1.807) is 41.2 Å². The molecule has 1 aromatic carbocycles. The van der Waals surface area contributed by atoms with Crippen molar-refractivity contribution in [1.29, 1.82) is 0 Å². The molecule has 5 nitrogen and oxygen atoms in total. The van der Waals surface area contributed by atoms with E-state index in [0.29, 0.717) is 30.2 Å². The van der Waals surface area contributed by atoms with E-state index in [2.05, 4.69) is 15.6 Å². The van der Waals surface area contributed by atoms with Crippen LogP contribution in [0.25, 0.3) is 10.9 Å². The number of benzene rings is 1. The zero-order valence-electron chi connectivity index (χ0n) is 15.0. The van der Waals surface area contributed by atoms with Gasteiger partial charge in [-0.3, -0.25) is 4.79 Å². The van der Waals surface area contributed by atoms with Crippen molar-refractivity contribution in [2.75, 3.05) is 13.1 Å². The minimum absolute atomic E-state index is 0.194. The lowest BCUT2D eigenvalue weighted by atomic mass is 10.0. The molecule has 0 aliphatic carbocycles. The zero-order chi connectivity index (χ0) is 19.7. The highest BCUT2D eigenvalue weighted by molar-refractivity contribution is 6.29. The Morgan fingerprint density at radius 3 is 3.04 bits per heavy atom. The lowest BCUT2D eigenvalue weighted by Gasteiger charge is -2.27. The number of carbonyl (C=O) groups excluding carboxylic acids is 1. The van der Waals surface area contributed by atoms with Crippen molar-refractivity contribution in [2.45, 2.75) is 25.2 Å². The number of nitrogens with zero attached hydrogens (tertiary/aromatic N) is 2. The van der Waals surface area contributed by atoms with Crippen molar-refractivity contribution in [3.63, 3.8) is 0 Å². The molecule has 3 heterocycles. The monoisotopic (exact) mass is 404 g/mol. The van der Waals surface area contributed by atoms with Gasteiger partial charge < -0.3 is 15.2 Å². The minimum Gasteiger partial charge on any atom is -0.346 e. The van der Waals surface area contributed by atoms with Gasteiger partial charge in [-0.2, -0.15) is 0 Å². The second-order valence-corrected chi connectivity index (χ2v) is 7.27. The largest absolute Gasteiger partial charge is 0.346 e. The van der Waals surface area contributed by atoms with Crippen LogP contribution in [0.5, 0.6) is 0 Å². The Kier molecular flexibility index (Phi) is 5.28. The Morgan fingerprint density at radius 1 is 1.39 bits per heavy atom. The summed E-state index contributed by atoms with van der Waals surface area (Å²) in [6.07, 6.45) is 2.51. The van der Waals surface area contributed by atoms with Crippen LogP contribution in [0.3, 0.4) is 0 Å². The van der Waals surface area contributed by atoms with E-state index < -0.39 is 23.9 Å². The molecule has 0 spiro atoms. The number of rotatable bonds is 4. The maximum Gasteiger partial charge on any atom is 0.253 e. The normalized spacial score (nSPS) is 19.7. The summed E-state index contributed by atoms with van der Waals surface area (Å²) in [5.74, 6) is -0.965. The number of nitrogens with one attached hydrogen (secondary N) is 2. The molecule has 0 saturated carbocycles. The van der Waals surface area contributed by atoms with Crippen LogP contribution >= 0.6 is 11.6 Å². The number of carbonyl (C=O) groups is 1. The number of aromatic nitrogens is 2. The van der Waals surface area contributed by atoms with Crippen molar-refractivity contribution in [2.24, 2.45) is 0 Å². The SMILES string of the molecule is O=C(N[C@@H]1CCNC[C@@H]1F)c1cn(Cc2ccnc(Cl)c2)c2cccc(F)c12. The summed E-state index contributed by atoms with van der Waals surface area (Å²) in [6.45, 7) is 1.22. The fourth-order valence-corrected chi connectivity index (χ4v) is 3.78. The lowest BCUT2D eigenvalue weighted by molar-refractivity contribution is 0.0893. The van der Waals surface area contributed by atoms with Gasteiger partial charge in [0.1, 0.15) is 17.1 Å². The molecule has 0 unspecified atom stereocenters. The summed E-state index contributed by atoms with van der Waals surface area (Å²) in [6, 6.07) is 7.60. The van der Waals surface area contributed by atoms with Crippen LogP contribution < -0.4 is 10.6 Å². The Balaban J connectivity index is 1.69. The van der Waals surface area contributed by atoms with E-state index in [4.69, 9.17) is 11.6 Å². The molecule has 1 fully saturated rings. The molecule has 2 atom stereocenters. The fourth-order valence-electron chi connectivity index (χ4n) is 3.58. The molecule has 8 heteroatoms.